The first-order valence-corrected chi connectivity index (χ1v) is 14.6. The van der Waals surface area contributed by atoms with Gasteiger partial charge in [-0.15, -0.1) is 11.3 Å². The van der Waals surface area contributed by atoms with Gasteiger partial charge < -0.3 is 19.9 Å². The van der Waals surface area contributed by atoms with Gasteiger partial charge in [0.15, 0.2) is 0 Å². The maximum atomic E-state index is 13.8. The van der Waals surface area contributed by atoms with Crippen LogP contribution in [0.2, 0.25) is 0 Å². The van der Waals surface area contributed by atoms with E-state index in [2.05, 4.69) is 16.4 Å². The van der Waals surface area contributed by atoms with Gasteiger partial charge in [-0.2, -0.15) is 0 Å². The molecule has 0 atom stereocenters. The predicted octanol–water partition coefficient (Wildman–Crippen LogP) is 4.29. The molecule has 3 heterocycles. The van der Waals surface area contributed by atoms with Gasteiger partial charge >= 0.3 is 0 Å². The lowest BCUT2D eigenvalue weighted by Crippen LogP contribution is -2.51. The smallest absolute Gasteiger partial charge is 0.255 e. The standard InChI is InChI=1S/C30H36N4O4S/c1-33-20-21-38-24-10-4-2-8-22(24)28(36)31-17-7-6-14-30(29(33)37)15-18-34(19-16-30)27(35)13-12-26-32-23-9-3-5-11-25(23)39-26/h2-5,8-11H,6-7,12-21H2,1H3,(H,31,36). The topological polar surface area (TPSA) is 91.8 Å². The minimum Gasteiger partial charge on any atom is -0.491 e. The molecule has 9 heteroatoms. The first-order valence-electron chi connectivity index (χ1n) is 13.8. The minimum atomic E-state index is -0.495. The van der Waals surface area contributed by atoms with Crippen molar-refractivity contribution in [1.82, 2.24) is 20.1 Å². The van der Waals surface area contributed by atoms with Crippen LogP contribution < -0.4 is 10.1 Å². The monoisotopic (exact) mass is 548 g/mol. The first kappa shape index (κ1) is 27.1. The number of fused-ring (bicyclic) bond motifs is 2. The Bertz CT molecular complexity index is 1300. The summed E-state index contributed by atoms with van der Waals surface area (Å²) in [6, 6.07) is 15.2. The highest BCUT2D eigenvalue weighted by molar-refractivity contribution is 7.18. The molecule has 39 heavy (non-hydrogen) atoms. The second-order valence-corrected chi connectivity index (χ2v) is 11.6. The van der Waals surface area contributed by atoms with Gasteiger partial charge in [-0.05, 0) is 49.9 Å². The number of likely N-dealkylation sites (tertiary alicyclic amines) is 1. The molecule has 1 N–H and O–H groups in total. The van der Waals surface area contributed by atoms with E-state index in [1.807, 2.05) is 42.3 Å². The molecule has 2 aliphatic rings. The zero-order chi connectivity index (χ0) is 27.2. The number of thiazole rings is 1. The van der Waals surface area contributed by atoms with E-state index in [0.717, 1.165) is 34.5 Å². The highest BCUT2D eigenvalue weighted by atomic mass is 32.1. The Morgan fingerprint density at radius 3 is 2.62 bits per heavy atom. The largest absolute Gasteiger partial charge is 0.491 e. The van der Waals surface area contributed by atoms with Crippen molar-refractivity contribution >= 4 is 39.3 Å². The van der Waals surface area contributed by atoms with E-state index in [1.54, 1.807) is 28.4 Å². The lowest BCUT2D eigenvalue weighted by molar-refractivity contribution is -0.148. The van der Waals surface area contributed by atoms with Crippen LogP contribution in [-0.2, 0) is 16.0 Å². The van der Waals surface area contributed by atoms with E-state index in [0.29, 0.717) is 69.8 Å². The van der Waals surface area contributed by atoms with Crippen LogP contribution >= 0.6 is 11.3 Å². The summed E-state index contributed by atoms with van der Waals surface area (Å²) in [6.45, 7) is 2.45. The fourth-order valence-corrected chi connectivity index (χ4v) is 6.59. The summed E-state index contributed by atoms with van der Waals surface area (Å²) in [5.41, 5.74) is 1.00. The Morgan fingerprint density at radius 2 is 1.79 bits per heavy atom. The molecule has 1 saturated heterocycles. The molecule has 0 radical (unpaired) electrons. The van der Waals surface area contributed by atoms with E-state index in [9.17, 15) is 14.4 Å². The number of nitrogens with zero attached hydrogens (tertiary/aromatic N) is 3. The third kappa shape index (κ3) is 6.24. The predicted molar refractivity (Wildman–Crippen MR) is 152 cm³/mol. The number of hydrogen-bond donors (Lipinski definition) is 1. The number of carbonyl (C=O) groups excluding carboxylic acids is 3. The third-order valence-corrected chi connectivity index (χ3v) is 9.04. The van der Waals surface area contributed by atoms with Gasteiger partial charge in [-0.25, -0.2) is 4.98 Å². The van der Waals surface area contributed by atoms with E-state index in [1.165, 1.54) is 0 Å². The van der Waals surface area contributed by atoms with E-state index >= 15 is 0 Å². The average molecular weight is 549 g/mol. The number of piperidine rings is 1. The molecule has 1 fully saturated rings. The normalized spacial score (nSPS) is 18.8. The SMILES string of the molecule is CN1CCOc2ccccc2C(=O)NCCCCC2(CCN(C(=O)CCc3nc4ccccc4s3)CC2)C1=O. The van der Waals surface area contributed by atoms with Gasteiger partial charge in [0.1, 0.15) is 12.4 Å². The number of aromatic nitrogens is 1. The molecule has 0 saturated carbocycles. The summed E-state index contributed by atoms with van der Waals surface area (Å²) in [5.74, 6) is 0.641. The summed E-state index contributed by atoms with van der Waals surface area (Å²) in [7, 11) is 1.83. The molecule has 5 rings (SSSR count). The second kappa shape index (κ2) is 12.2. The summed E-state index contributed by atoms with van der Waals surface area (Å²) in [4.78, 5) is 47.8. The lowest BCUT2D eigenvalue weighted by atomic mass is 9.73. The Hall–Kier alpha value is -3.46. The third-order valence-electron chi connectivity index (χ3n) is 7.95. The molecule has 8 nitrogen and oxygen atoms in total. The van der Waals surface area contributed by atoms with E-state index in [-0.39, 0.29) is 17.7 Å². The number of benzene rings is 2. The van der Waals surface area contributed by atoms with E-state index in [4.69, 9.17) is 4.74 Å². The van der Waals surface area contributed by atoms with E-state index < -0.39 is 5.41 Å². The molecule has 206 valence electrons. The molecule has 3 amide bonds. The van der Waals surface area contributed by atoms with Gasteiger partial charge in [-0.3, -0.25) is 14.4 Å². The van der Waals surface area contributed by atoms with Gasteiger partial charge in [0, 0.05) is 39.5 Å². The molecular weight excluding hydrogens is 512 g/mol. The molecule has 0 bridgehead atoms. The lowest BCUT2D eigenvalue weighted by Gasteiger charge is -2.43. The van der Waals surface area contributed by atoms with Crippen LogP contribution in [0.25, 0.3) is 10.2 Å². The molecule has 1 spiro atoms. The minimum absolute atomic E-state index is 0.126. The first-order chi connectivity index (χ1) is 18.9. The quantitative estimate of drug-likeness (QED) is 0.527. The number of aryl methyl sites for hydroxylation is 1. The number of carbonyl (C=O) groups is 3. The molecule has 1 aromatic heterocycles. The molecule has 2 aromatic carbocycles. The number of amides is 3. The summed E-state index contributed by atoms with van der Waals surface area (Å²) in [6.07, 6.45) is 4.74. The fraction of sp³-hybridized carbons (Fsp3) is 0.467. The van der Waals surface area contributed by atoms with Crippen molar-refractivity contribution in [2.75, 3.05) is 39.8 Å². The number of rotatable bonds is 3. The van der Waals surface area contributed by atoms with Crippen LogP contribution in [0.15, 0.2) is 48.5 Å². The summed E-state index contributed by atoms with van der Waals surface area (Å²) >= 11 is 1.65. The summed E-state index contributed by atoms with van der Waals surface area (Å²) in [5, 5.41) is 3.97. The summed E-state index contributed by atoms with van der Waals surface area (Å²) < 4.78 is 7.06. The zero-order valence-corrected chi connectivity index (χ0v) is 23.3. The van der Waals surface area contributed by atoms with Crippen LogP contribution in [0.3, 0.4) is 0 Å². The number of para-hydroxylation sites is 2. The fourth-order valence-electron chi connectivity index (χ4n) is 5.62. The maximum Gasteiger partial charge on any atom is 0.255 e. The Balaban J connectivity index is 1.20. The van der Waals surface area contributed by atoms with Gasteiger partial charge in [-0.1, -0.05) is 30.7 Å². The van der Waals surface area contributed by atoms with Gasteiger partial charge in [0.25, 0.3) is 5.91 Å². The number of nitrogens with one attached hydrogen (secondary N) is 1. The highest BCUT2D eigenvalue weighted by Crippen LogP contribution is 2.39. The van der Waals surface area contributed by atoms with Crippen LogP contribution in [0, 0.1) is 5.41 Å². The molecule has 0 unspecified atom stereocenters. The van der Waals surface area contributed by atoms with Crippen molar-refractivity contribution in [3.63, 3.8) is 0 Å². The number of ether oxygens (including phenoxy) is 1. The van der Waals surface area contributed by atoms with Crippen LogP contribution in [0.1, 0.15) is 53.9 Å². The second-order valence-electron chi connectivity index (χ2n) is 10.5. The van der Waals surface area contributed by atoms with Gasteiger partial charge in [0.05, 0.1) is 32.7 Å². The maximum absolute atomic E-state index is 13.8. The van der Waals surface area contributed by atoms with Crippen LogP contribution in [0.5, 0.6) is 5.75 Å². The van der Waals surface area contributed by atoms with Gasteiger partial charge in [0.2, 0.25) is 11.8 Å². The average Bonchev–Trinajstić information content (AvgIpc) is 3.38. The Kier molecular flexibility index (Phi) is 8.45. The van der Waals surface area contributed by atoms with Crippen molar-refractivity contribution in [3.05, 3.63) is 59.1 Å². The van der Waals surface area contributed by atoms with Crippen molar-refractivity contribution in [1.29, 1.82) is 0 Å². The molecule has 2 aliphatic heterocycles. The van der Waals surface area contributed by atoms with Crippen LogP contribution in [-0.4, -0.2) is 72.3 Å². The van der Waals surface area contributed by atoms with Crippen molar-refractivity contribution in [2.45, 2.75) is 44.9 Å². The highest BCUT2D eigenvalue weighted by Gasteiger charge is 2.43. The van der Waals surface area contributed by atoms with Crippen molar-refractivity contribution < 1.29 is 19.1 Å². The number of hydrogen-bond acceptors (Lipinski definition) is 6. The Morgan fingerprint density at radius 1 is 1.03 bits per heavy atom. The molecule has 3 aromatic rings. The molecular formula is C30H36N4O4S. The van der Waals surface area contributed by atoms with Crippen molar-refractivity contribution in [2.24, 2.45) is 5.41 Å². The number of likely N-dealkylation sites (N-methyl/N-ethyl adjacent to an activating group) is 1. The van der Waals surface area contributed by atoms with Crippen LogP contribution in [0.4, 0.5) is 0 Å². The zero-order valence-electron chi connectivity index (χ0n) is 22.5. The Labute approximate surface area is 233 Å². The molecule has 0 aliphatic carbocycles. The van der Waals surface area contributed by atoms with Crippen molar-refractivity contribution in [3.8, 4) is 5.75 Å².